The summed E-state index contributed by atoms with van der Waals surface area (Å²) in [6, 6.07) is 0. The van der Waals surface area contributed by atoms with Gasteiger partial charge in [-0.05, 0) is 39.5 Å². The van der Waals surface area contributed by atoms with Crippen LogP contribution in [0.25, 0.3) is 0 Å². The minimum atomic E-state index is -1.54. The lowest BCUT2D eigenvalue weighted by Crippen LogP contribution is -2.63. The van der Waals surface area contributed by atoms with Crippen LogP contribution in [0.2, 0.25) is 0 Å². The SMILES string of the molecule is C=C1CC[C@@H](O)[C@]2(C)CC[C@@H](C(C)(C)O)[C@@H](O[C@@H]3O[C@H](CO)[C@@H](O)[C@H](O)[C@H]3O)[C@H]12. The molecule has 1 aliphatic heterocycles. The molecule has 29 heavy (non-hydrogen) atoms. The maximum absolute atomic E-state index is 10.8. The smallest absolute Gasteiger partial charge is 0.187 e. The molecule has 168 valence electrons. The lowest BCUT2D eigenvalue weighted by molar-refractivity contribution is -0.330. The number of hydrogen-bond donors (Lipinski definition) is 6. The molecular formula is C21H36O8. The Labute approximate surface area is 171 Å². The van der Waals surface area contributed by atoms with Gasteiger partial charge in [0.1, 0.15) is 24.4 Å². The minimum Gasteiger partial charge on any atom is -0.394 e. The number of rotatable bonds is 4. The highest BCUT2D eigenvalue weighted by Crippen LogP contribution is 2.56. The van der Waals surface area contributed by atoms with Crippen molar-refractivity contribution in [2.24, 2.45) is 17.3 Å². The zero-order chi connectivity index (χ0) is 21.7. The second kappa shape index (κ2) is 8.16. The van der Waals surface area contributed by atoms with Crippen LogP contribution >= 0.6 is 0 Å². The molecule has 0 bridgehead atoms. The number of aliphatic hydroxyl groups is 6. The maximum atomic E-state index is 10.8. The maximum Gasteiger partial charge on any atom is 0.187 e. The van der Waals surface area contributed by atoms with E-state index < -0.39 is 60.5 Å². The van der Waals surface area contributed by atoms with Crippen LogP contribution in [0.5, 0.6) is 0 Å². The van der Waals surface area contributed by atoms with Gasteiger partial charge < -0.3 is 40.1 Å². The third-order valence-corrected chi connectivity index (χ3v) is 7.42. The van der Waals surface area contributed by atoms with Crippen molar-refractivity contribution in [3.63, 3.8) is 0 Å². The lowest BCUT2D eigenvalue weighted by Gasteiger charge is -2.57. The van der Waals surface area contributed by atoms with E-state index in [1.54, 1.807) is 13.8 Å². The van der Waals surface area contributed by atoms with E-state index >= 15 is 0 Å². The molecule has 2 saturated carbocycles. The summed E-state index contributed by atoms with van der Waals surface area (Å²) in [6.45, 7) is 9.06. The molecule has 0 spiro atoms. The lowest BCUT2D eigenvalue weighted by atomic mass is 9.53. The average Bonchev–Trinajstić information content (AvgIpc) is 2.64. The highest BCUT2D eigenvalue weighted by atomic mass is 16.7. The van der Waals surface area contributed by atoms with Gasteiger partial charge in [-0.25, -0.2) is 0 Å². The molecule has 6 N–H and O–H groups in total. The van der Waals surface area contributed by atoms with Gasteiger partial charge in [-0.1, -0.05) is 19.1 Å². The number of fused-ring (bicyclic) bond motifs is 1. The normalized spacial score (nSPS) is 49.0. The fourth-order valence-electron chi connectivity index (χ4n) is 5.54. The molecule has 3 fully saturated rings. The van der Waals surface area contributed by atoms with E-state index in [9.17, 15) is 30.6 Å². The van der Waals surface area contributed by atoms with Gasteiger partial charge in [-0.3, -0.25) is 0 Å². The van der Waals surface area contributed by atoms with Crippen LogP contribution in [0.3, 0.4) is 0 Å². The topological polar surface area (TPSA) is 140 Å². The van der Waals surface area contributed by atoms with Gasteiger partial charge in [0.15, 0.2) is 6.29 Å². The van der Waals surface area contributed by atoms with Crippen molar-refractivity contribution in [2.75, 3.05) is 6.61 Å². The summed E-state index contributed by atoms with van der Waals surface area (Å²) in [5.41, 5.74) is -0.667. The van der Waals surface area contributed by atoms with Crippen molar-refractivity contribution in [2.45, 2.75) is 95.0 Å². The predicted octanol–water partition coefficient (Wildman–Crippen LogP) is -0.314. The van der Waals surface area contributed by atoms with E-state index in [4.69, 9.17) is 9.47 Å². The third-order valence-electron chi connectivity index (χ3n) is 7.42. The zero-order valence-corrected chi connectivity index (χ0v) is 17.4. The van der Waals surface area contributed by atoms with Gasteiger partial charge in [0, 0.05) is 17.3 Å². The van der Waals surface area contributed by atoms with Crippen molar-refractivity contribution in [3.8, 4) is 0 Å². The van der Waals surface area contributed by atoms with E-state index in [0.717, 1.165) is 5.57 Å². The summed E-state index contributed by atoms with van der Waals surface area (Å²) in [7, 11) is 0. The first-order valence-corrected chi connectivity index (χ1v) is 10.5. The molecule has 10 atom stereocenters. The molecule has 1 heterocycles. The fourth-order valence-corrected chi connectivity index (χ4v) is 5.54. The molecule has 0 radical (unpaired) electrons. The van der Waals surface area contributed by atoms with Crippen molar-refractivity contribution in [1.82, 2.24) is 0 Å². The summed E-state index contributed by atoms with van der Waals surface area (Å²) in [6.07, 6.45) is -5.53. The zero-order valence-electron chi connectivity index (χ0n) is 17.4. The Hall–Kier alpha value is -0.580. The van der Waals surface area contributed by atoms with E-state index in [1.807, 2.05) is 6.92 Å². The Morgan fingerprint density at radius 1 is 1.14 bits per heavy atom. The predicted molar refractivity (Wildman–Crippen MR) is 104 cm³/mol. The van der Waals surface area contributed by atoms with Crippen LogP contribution in [0, 0.1) is 17.3 Å². The van der Waals surface area contributed by atoms with Crippen molar-refractivity contribution in [1.29, 1.82) is 0 Å². The monoisotopic (exact) mass is 416 g/mol. The van der Waals surface area contributed by atoms with Gasteiger partial charge >= 0.3 is 0 Å². The summed E-state index contributed by atoms with van der Waals surface area (Å²) in [5.74, 6) is -0.598. The molecule has 8 heteroatoms. The first-order chi connectivity index (χ1) is 13.4. The van der Waals surface area contributed by atoms with Gasteiger partial charge in [0.25, 0.3) is 0 Å². The van der Waals surface area contributed by atoms with Crippen LogP contribution < -0.4 is 0 Å². The fraction of sp³-hybridized carbons (Fsp3) is 0.905. The van der Waals surface area contributed by atoms with Crippen molar-refractivity contribution >= 4 is 0 Å². The molecule has 0 amide bonds. The average molecular weight is 417 g/mol. The molecule has 8 nitrogen and oxygen atoms in total. The van der Waals surface area contributed by atoms with Gasteiger partial charge in [0.2, 0.25) is 0 Å². The molecular weight excluding hydrogens is 380 g/mol. The van der Waals surface area contributed by atoms with E-state index in [-0.39, 0.29) is 11.8 Å². The third kappa shape index (κ3) is 4.02. The molecule has 0 aromatic rings. The summed E-state index contributed by atoms with van der Waals surface area (Å²) < 4.78 is 11.8. The first-order valence-electron chi connectivity index (χ1n) is 10.5. The molecule has 3 rings (SSSR count). The Bertz CT molecular complexity index is 602. The van der Waals surface area contributed by atoms with Crippen LogP contribution in [-0.2, 0) is 9.47 Å². The Kier molecular flexibility index (Phi) is 6.50. The van der Waals surface area contributed by atoms with Crippen LogP contribution in [0.4, 0.5) is 0 Å². The van der Waals surface area contributed by atoms with Gasteiger partial charge in [-0.15, -0.1) is 0 Å². The quantitative estimate of drug-likeness (QED) is 0.343. The minimum absolute atomic E-state index is 0.274. The molecule has 1 saturated heterocycles. The molecule has 0 aromatic heterocycles. The first kappa shape index (κ1) is 23.1. The summed E-state index contributed by atoms with van der Waals surface area (Å²) in [4.78, 5) is 0. The molecule has 2 aliphatic carbocycles. The van der Waals surface area contributed by atoms with Crippen molar-refractivity contribution < 1.29 is 40.1 Å². The van der Waals surface area contributed by atoms with Crippen LogP contribution in [0.1, 0.15) is 46.5 Å². The Morgan fingerprint density at radius 2 is 1.79 bits per heavy atom. The van der Waals surface area contributed by atoms with Crippen LogP contribution in [-0.4, -0.2) is 85.8 Å². The highest BCUT2D eigenvalue weighted by Gasteiger charge is 2.57. The van der Waals surface area contributed by atoms with Gasteiger partial charge in [-0.2, -0.15) is 0 Å². The highest BCUT2D eigenvalue weighted by molar-refractivity contribution is 5.19. The number of aliphatic hydroxyl groups excluding tert-OH is 5. The van der Waals surface area contributed by atoms with E-state index in [2.05, 4.69) is 6.58 Å². The van der Waals surface area contributed by atoms with E-state index in [1.165, 1.54) is 0 Å². The Morgan fingerprint density at radius 3 is 2.38 bits per heavy atom. The summed E-state index contributed by atoms with van der Waals surface area (Å²) in [5, 5.41) is 61.6. The largest absolute Gasteiger partial charge is 0.394 e. The number of ether oxygens (including phenoxy) is 2. The molecule has 3 aliphatic rings. The van der Waals surface area contributed by atoms with Crippen molar-refractivity contribution in [3.05, 3.63) is 12.2 Å². The second-order valence-electron chi connectivity index (χ2n) is 9.79. The summed E-state index contributed by atoms with van der Waals surface area (Å²) >= 11 is 0. The van der Waals surface area contributed by atoms with Gasteiger partial charge in [0.05, 0.1) is 24.4 Å². The van der Waals surface area contributed by atoms with Crippen LogP contribution in [0.15, 0.2) is 12.2 Å². The second-order valence-corrected chi connectivity index (χ2v) is 9.79. The van der Waals surface area contributed by atoms with E-state index in [0.29, 0.717) is 25.7 Å². The molecule has 0 unspecified atom stereocenters. The standard InChI is InChI=1S/C21H36O8/c1-10-5-6-13(23)21(4)8-7-11(20(2,3)27)18(14(10)21)29-19-17(26)16(25)15(24)12(9-22)28-19/h11-19,22-27H,1,5-9H2,2-4H3/t11-,12-,13-,14+,15-,16+,17-,18-,19+,21+/m1/s1. The number of hydrogen-bond acceptors (Lipinski definition) is 8. The molecule has 0 aromatic carbocycles. The Balaban J connectivity index is 1.94.